The first-order valence-corrected chi connectivity index (χ1v) is 13.8. The topological polar surface area (TPSA) is 47.5 Å². The summed E-state index contributed by atoms with van der Waals surface area (Å²) in [4.78, 5) is 0. The Morgan fingerprint density at radius 1 is 0.806 bits per heavy atom. The molecule has 3 N–H and O–H groups in total. The summed E-state index contributed by atoms with van der Waals surface area (Å²) in [5, 5.41) is 13.3. The van der Waals surface area contributed by atoms with Crippen LogP contribution in [-0.4, -0.2) is 34.5 Å². The number of hydrazine groups is 2. The van der Waals surface area contributed by atoms with Crippen molar-refractivity contribution in [3.63, 3.8) is 0 Å². The van der Waals surface area contributed by atoms with Crippen LogP contribution < -0.4 is 10.9 Å². The Balaban J connectivity index is 0.000000254. The van der Waals surface area contributed by atoms with Gasteiger partial charge in [0.15, 0.2) is 0 Å². The molecule has 4 aliphatic rings. The fourth-order valence-electron chi connectivity index (χ4n) is 6.49. The summed E-state index contributed by atoms with van der Waals surface area (Å²) in [7, 11) is 0. The summed E-state index contributed by atoms with van der Waals surface area (Å²) in [6.45, 7) is 11.5. The summed E-state index contributed by atoms with van der Waals surface area (Å²) in [5.74, 6) is 2.12. The lowest BCUT2D eigenvalue weighted by Crippen LogP contribution is -2.59. The summed E-state index contributed by atoms with van der Waals surface area (Å²) in [6, 6.07) is 1.33. The molecule has 4 fully saturated rings. The second-order valence-corrected chi connectivity index (χ2v) is 12.4. The van der Waals surface area contributed by atoms with Gasteiger partial charge in [0, 0.05) is 12.1 Å². The molecule has 182 valence electrons. The molecular formula is C27H53N3O. The van der Waals surface area contributed by atoms with E-state index < -0.39 is 0 Å². The van der Waals surface area contributed by atoms with Crippen molar-refractivity contribution in [1.82, 2.24) is 16.0 Å². The monoisotopic (exact) mass is 435 g/mol. The molecule has 1 heterocycles. The first kappa shape index (κ1) is 25.5. The van der Waals surface area contributed by atoms with Gasteiger partial charge in [-0.1, -0.05) is 98.8 Å². The Morgan fingerprint density at radius 3 is 1.84 bits per heavy atom. The number of aliphatic hydroxyl groups excluding tert-OH is 1. The lowest BCUT2D eigenvalue weighted by molar-refractivity contribution is -0.0922. The molecule has 1 saturated heterocycles. The number of rotatable bonds is 2. The van der Waals surface area contributed by atoms with Gasteiger partial charge in [0.05, 0.1) is 12.1 Å². The average Bonchev–Trinajstić information content (AvgIpc) is 3.14. The van der Waals surface area contributed by atoms with Gasteiger partial charge in [0.1, 0.15) is 0 Å². The highest BCUT2D eigenvalue weighted by molar-refractivity contribution is 4.98. The molecule has 0 spiro atoms. The van der Waals surface area contributed by atoms with E-state index in [0.717, 1.165) is 18.3 Å². The third kappa shape index (κ3) is 7.16. The minimum atomic E-state index is -0.247. The first-order valence-electron chi connectivity index (χ1n) is 13.8. The zero-order valence-electron chi connectivity index (χ0n) is 21.3. The quantitative estimate of drug-likeness (QED) is 0.483. The largest absolute Gasteiger partial charge is 0.391 e. The first-order chi connectivity index (χ1) is 14.8. The van der Waals surface area contributed by atoms with Gasteiger partial charge in [-0.15, -0.1) is 0 Å². The maximum absolute atomic E-state index is 11.0. The minimum absolute atomic E-state index is 0.165. The van der Waals surface area contributed by atoms with Crippen molar-refractivity contribution < 1.29 is 5.11 Å². The smallest absolute Gasteiger partial charge is 0.0757 e. The number of fused-ring (bicyclic) bond motifs is 1. The highest BCUT2D eigenvalue weighted by Gasteiger charge is 2.47. The molecule has 4 heteroatoms. The number of nitrogens with zero attached hydrogens (tertiary/aromatic N) is 1. The van der Waals surface area contributed by atoms with Gasteiger partial charge in [-0.05, 0) is 48.9 Å². The second-order valence-electron chi connectivity index (χ2n) is 12.4. The van der Waals surface area contributed by atoms with E-state index in [1.165, 1.54) is 83.5 Å². The standard InChI is InChI=1S/C18H35N3O.C9H18/c1-5-12-10-13(18(2,3)4)17(22)16(11-12)21-19-14-8-6-7-9-15(14)20-21;1-9-7-5-3-2-4-6-8-9/h12-17,19-20,22H,5-11H2,1-4H3;9H,2-8H2,1H3. The fraction of sp³-hybridized carbons (Fsp3) is 1.00. The van der Waals surface area contributed by atoms with Gasteiger partial charge < -0.3 is 5.11 Å². The second kappa shape index (κ2) is 11.8. The maximum Gasteiger partial charge on any atom is 0.0757 e. The number of hydrogen-bond acceptors (Lipinski definition) is 4. The predicted molar refractivity (Wildman–Crippen MR) is 131 cm³/mol. The Kier molecular flexibility index (Phi) is 9.70. The van der Waals surface area contributed by atoms with Gasteiger partial charge in [-0.3, -0.25) is 0 Å². The number of aliphatic hydroxyl groups is 1. The third-order valence-electron chi connectivity index (χ3n) is 8.76. The Labute approximate surface area is 193 Å². The van der Waals surface area contributed by atoms with Crippen LogP contribution in [0.1, 0.15) is 125 Å². The van der Waals surface area contributed by atoms with Crippen molar-refractivity contribution in [2.24, 2.45) is 23.2 Å². The van der Waals surface area contributed by atoms with Crippen LogP contribution in [0.25, 0.3) is 0 Å². The average molecular weight is 436 g/mol. The molecule has 6 atom stereocenters. The molecule has 1 aliphatic heterocycles. The predicted octanol–water partition coefficient (Wildman–Crippen LogP) is 6.20. The summed E-state index contributed by atoms with van der Waals surface area (Å²) in [6.07, 6.45) is 18.8. The van der Waals surface area contributed by atoms with Crippen LogP contribution >= 0.6 is 0 Å². The maximum atomic E-state index is 11.0. The van der Waals surface area contributed by atoms with Crippen molar-refractivity contribution in [3.8, 4) is 0 Å². The van der Waals surface area contributed by atoms with Gasteiger partial charge >= 0.3 is 0 Å². The van der Waals surface area contributed by atoms with E-state index in [1.54, 1.807) is 0 Å². The van der Waals surface area contributed by atoms with Gasteiger partial charge in [-0.25, -0.2) is 10.9 Å². The minimum Gasteiger partial charge on any atom is -0.391 e. The third-order valence-corrected chi connectivity index (χ3v) is 8.76. The van der Waals surface area contributed by atoms with Crippen molar-refractivity contribution in [2.45, 2.75) is 149 Å². The van der Waals surface area contributed by atoms with E-state index in [4.69, 9.17) is 0 Å². The fourth-order valence-corrected chi connectivity index (χ4v) is 6.49. The molecule has 4 rings (SSSR count). The SMILES string of the molecule is CC1CCCCCCC1.CCC1CC(N2NC3CCCCC3N2)C(O)C(C(C)(C)C)C1. The lowest BCUT2D eigenvalue weighted by atomic mass is 9.65. The van der Waals surface area contributed by atoms with E-state index >= 15 is 0 Å². The van der Waals surface area contributed by atoms with E-state index in [-0.39, 0.29) is 17.6 Å². The highest BCUT2D eigenvalue weighted by atomic mass is 16.3. The Bertz CT molecular complexity index is 497. The molecule has 0 aromatic carbocycles. The van der Waals surface area contributed by atoms with Crippen LogP contribution in [0.15, 0.2) is 0 Å². The molecule has 3 aliphatic carbocycles. The molecule has 0 aromatic rings. The van der Waals surface area contributed by atoms with Crippen LogP contribution in [0, 0.1) is 23.2 Å². The van der Waals surface area contributed by atoms with Crippen LogP contribution in [0.5, 0.6) is 0 Å². The Morgan fingerprint density at radius 2 is 1.32 bits per heavy atom. The van der Waals surface area contributed by atoms with Gasteiger partial charge in [0.2, 0.25) is 0 Å². The van der Waals surface area contributed by atoms with Crippen LogP contribution in [0.3, 0.4) is 0 Å². The number of hydrogen-bond donors (Lipinski definition) is 3. The molecule has 31 heavy (non-hydrogen) atoms. The molecule has 0 bridgehead atoms. The number of nitrogens with one attached hydrogen (secondary N) is 2. The lowest BCUT2D eigenvalue weighted by Gasteiger charge is -2.47. The molecule has 4 nitrogen and oxygen atoms in total. The zero-order valence-corrected chi connectivity index (χ0v) is 21.3. The summed E-state index contributed by atoms with van der Waals surface area (Å²) < 4.78 is 0. The Hall–Kier alpha value is -0.160. The van der Waals surface area contributed by atoms with Crippen LogP contribution in [0.2, 0.25) is 0 Å². The van der Waals surface area contributed by atoms with E-state index in [9.17, 15) is 5.11 Å². The molecule has 0 radical (unpaired) electrons. The summed E-state index contributed by atoms with van der Waals surface area (Å²) in [5.41, 5.74) is 7.51. The van der Waals surface area contributed by atoms with E-state index in [0.29, 0.717) is 18.0 Å². The molecular weight excluding hydrogens is 382 g/mol. The van der Waals surface area contributed by atoms with Crippen molar-refractivity contribution in [2.75, 3.05) is 0 Å². The zero-order chi connectivity index (χ0) is 22.4. The van der Waals surface area contributed by atoms with Crippen LogP contribution in [-0.2, 0) is 0 Å². The summed E-state index contributed by atoms with van der Waals surface area (Å²) >= 11 is 0. The molecule has 0 aromatic heterocycles. The molecule has 0 amide bonds. The van der Waals surface area contributed by atoms with Crippen molar-refractivity contribution in [3.05, 3.63) is 0 Å². The van der Waals surface area contributed by atoms with Crippen molar-refractivity contribution >= 4 is 0 Å². The highest BCUT2D eigenvalue weighted by Crippen LogP contribution is 2.43. The van der Waals surface area contributed by atoms with Crippen molar-refractivity contribution in [1.29, 1.82) is 0 Å². The normalized spacial score (nSPS) is 38.5. The van der Waals surface area contributed by atoms with E-state index in [1.807, 2.05) is 0 Å². The van der Waals surface area contributed by atoms with Gasteiger partial charge in [-0.2, -0.15) is 5.12 Å². The van der Waals surface area contributed by atoms with Gasteiger partial charge in [0.25, 0.3) is 0 Å². The molecule has 6 unspecified atom stereocenters. The van der Waals surface area contributed by atoms with Crippen LogP contribution in [0.4, 0.5) is 0 Å². The molecule has 3 saturated carbocycles. The van der Waals surface area contributed by atoms with E-state index in [2.05, 4.69) is 50.6 Å².